The number of hydrogen-bond donors (Lipinski definition) is 0. The molecule has 8 heteroatoms. The second-order valence-electron chi connectivity index (χ2n) is 8.67. The van der Waals surface area contributed by atoms with Gasteiger partial charge in [0, 0.05) is 31.7 Å². The molecule has 1 aromatic heterocycles. The monoisotopic (exact) mass is 438 g/mol. The molecule has 2 heterocycles. The summed E-state index contributed by atoms with van der Waals surface area (Å²) in [5, 5.41) is 12.7. The maximum atomic E-state index is 15.0. The van der Waals surface area contributed by atoms with E-state index in [0.717, 1.165) is 25.7 Å². The number of rotatable bonds is 5. The van der Waals surface area contributed by atoms with Gasteiger partial charge in [-0.25, -0.2) is 13.5 Å². The zero-order valence-electron chi connectivity index (χ0n) is 18.1. The highest BCUT2D eigenvalue weighted by Gasteiger charge is 2.34. The summed E-state index contributed by atoms with van der Waals surface area (Å²) in [7, 11) is 0. The number of aromatic nitrogens is 4. The van der Waals surface area contributed by atoms with Crippen molar-refractivity contribution in [3.05, 3.63) is 71.6 Å². The molecule has 1 atom stereocenters. The fourth-order valence-corrected chi connectivity index (χ4v) is 5.09. The van der Waals surface area contributed by atoms with Crippen LogP contribution in [0.2, 0.25) is 0 Å². The summed E-state index contributed by atoms with van der Waals surface area (Å²) in [6.45, 7) is 2.61. The minimum atomic E-state index is -0.379. The van der Waals surface area contributed by atoms with Crippen LogP contribution in [-0.2, 0) is 0 Å². The van der Waals surface area contributed by atoms with Crippen LogP contribution in [0.25, 0.3) is 0 Å². The van der Waals surface area contributed by atoms with E-state index in [1.54, 1.807) is 12.1 Å². The van der Waals surface area contributed by atoms with Crippen LogP contribution in [0.4, 0.5) is 14.5 Å². The van der Waals surface area contributed by atoms with Crippen molar-refractivity contribution in [3.8, 4) is 0 Å². The van der Waals surface area contributed by atoms with E-state index in [1.165, 1.54) is 18.6 Å². The molecule has 2 fully saturated rings. The largest absolute Gasteiger partial charge is 0.367 e. The molecule has 168 valence electrons. The molecule has 1 aliphatic heterocycles. The van der Waals surface area contributed by atoms with Gasteiger partial charge >= 0.3 is 0 Å². The van der Waals surface area contributed by atoms with Gasteiger partial charge in [-0.05, 0) is 41.5 Å². The summed E-state index contributed by atoms with van der Waals surface area (Å²) in [5.74, 6) is 0.224. The molecule has 1 aliphatic carbocycles. The third-order valence-electron chi connectivity index (χ3n) is 6.76. The van der Waals surface area contributed by atoms with Crippen molar-refractivity contribution in [2.24, 2.45) is 0 Å². The second-order valence-corrected chi connectivity index (χ2v) is 8.67. The van der Waals surface area contributed by atoms with Gasteiger partial charge in [-0.1, -0.05) is 49.6 Å². The zero-order valence-corrected chi connectivity index (χ0v) is 18.1. The van der Waals surface area contributed by atoms with Crippen molar-refractivity contribution in [1.29, 1.82) is 0 Å². The lowest BCUT2D eigenvalue weighted by molar-refractivity contribution is 0.190. The zero-order chi connectivity index (χ0) is 21.9. The number of tetrazole rings is 1. The fourth-order valence-electron chi connectivity index (χ4n) is 5.09. The first-order chi connectivity index (χ1) is 15.7. The quantitative estimate of drug-likeness (QED) is 0.592. The SMILES string of the molecule is Fc1ccccc1[C@H](c1nnnn1C1CCCCC1)N1CCN(c2ccccc2F)CC1. The minimum absolute atomic E-state index is 0.215. The molecule has 32 heavy (non-hydrogen) atoms. The summed E-state index contributed by atoms with van der Waals surface area (Å²) >= 11 is 0. The molecule has 0 N–H and O–H groups in total. The molecule has 2 aliphatic rings. The Balaban J connectivity index is 1.45. The second kappa shape index (κ2) is 9.32. The molecule has 0 amide bonds. The van der Waals surface area contributed by atoms with E-state index in [4.69, 9.17) is 0 Å². The van der Waals surface area contributed by atoms with Gasteiger partial charge in [0.15, 0.2) is 5.82 Å². The first kappa shape index (κ1) is 21.0. The lowest BCUT2D eigenvalue weighted by Crippen LogP contribution is -2.49. The van der Waals surface area contributed by atoms with Gasteiger partial charge in [0.2, 0.25) is 0 Å². The van der Waals surface area contributed by atoms with Crippen LogP contribution in [0.3, 0.4) is 0 Å². The van der Waals surface area contributed by atoms with E-state index in [2.05, 4.69) is 20.4 Å². The Morgan fingerprint density at radius 2 is 1.50 bits per heavy atom. The third kappa shape index (κ3) is 4.11. The van der Waals surface area contributed by atoms with Crippen LogP contribution < -0.4 is 4.90 Å². The molecule has 1 saturated carbocycles. The van der Waals surface area contributed by atoms with Crippen molar-refractivity contribution >= 4 is 5.69 Å². The van der Waals surface area contributed by atoms with Gasteiger partial charge in [0.05, 0.1) is 11.7 Å². The van der Waals surface area contributed by atoms with Crippen LogP contribution in [0.15, 0.2) is 48.5 Å². The van der Waals surface area contributed by atoms with E-state index in [0.29, 0.717) is 43.3 Å². The van der Waals surface area contributed by atoms with Crippen molar-refractivity contribution < 1.29 is 8.78 Å². The Bertz CT molecular complexity index is 1040. The summed E-state index contributed by atoms with van der Waals surface area (Å²) in [4.78, 5) is 4.27. The van der Waals surface area contributed by atoms with E-state index in [-0.39, 0.29) is 23.7 Å². The molecule has 6 nitrogen and oxygen atoms in total. The molecular weight excluding hydrogens is 410 g/mol. The van der Waals surface area contributed by atoms with Gasteiger partial charge < -0.3 is 4.90 Å². The number of benzene rings is 2. The van der Waals surface area contributed by atoms with Crippen LogP contribution in [0.1, 0.15) is 55.6 Å². The molecule has 0 spiro atoms. The minimum Gasteiger partial charge on any atom is -0.367 e. The Hall–Kier alpha value is -2.87. The van der Waals surface area contributed by atoms with E-state index in [9.17, 15) is 8.78 Å². The van der Waals surface area contributed by atoms with E-state index >= 15 is 0 Å². The highest BCUT2D eigenvalue weighted by molar-refractivity contribution is 5.48. The average Bonchev–Trinajstić information content (AvgIpc) is 3.31. The molecular formula is C24H28F2N6. The van der Waals surface area contributed by atoms with Crippen molar-refractivity contribution in [2.75, 3.05) is 31.1 Å². The normalized spacial score (nSPS) is 19.2. The fraction of sp³-hybridized carbons (Fsp3) is 0.458. The Labute approximate surface area is 186 Å². The lowest BCUT2D eigenvalue weighted by Gasteiger charge is -2.40. The summed E-state index contributed by atoms with van der Waals surface area (Å²) in [6.07, 6.45) is 5.65. The van der Waals surface area contributed by atoms with Gasteiger partial charge in [-0.15, -0.1) is 5.10 Å². The molecule has 0 unspecified atom stereocenters. The standard InChI is InChI=1S/C24H28F2N6/c25-20-11-5-4-10-19(20)23(24-27-28-29-32(24)18-8-2-1-3-9-18)31-16-14-30(15-17-31)22-13-7-6-12-21(22)26/h4-7,10-13,18,23H,1-3,8-9,14-17H2/t23-/m1/s1. The van der Waals surface area contributed by atoms with Crippen molar-refractivity contribution in [2.45, 2.75) is 44.2 Å². The number of halogens is 2. The number of piperazine rings is 1. The Kier molecular flexibility index (Phi) is 6.12. The number of anilines is 1. The highest BCUT2D eigenvalue weighted by atomic mass is 19.1. The molecule has 3 aromatic rings. The van der Waals surface area contributed by atoms with E-state index in [1.807, 2.05) is 33.8 Å². The molecule has 0 radical (unpaired) electrons. The van der Waals surface area contributed by atoms with Gasteiger partial charge in [-0.2, -0.15) is 0 Å². The molecule has 0 bridgehead atoms. The van der Waals surface area contributed by atoms with Crippen molar-refractivity contribution in [1.82, 2.24) is 25.1 Å². The first-order valence-electron chi connectivity index (χ1n) is 11.5. The Morgan fingerprint density at radius 1 is 0.812 bits per heavy atom. The Morgan fingerprint density at radius 3 is 2.22 bits per heavy atom. The first-order valence-corrected chi connectivity index (χ1v) is 11.5. The third-order valence-corrected chi connectivity index (χ3v) is 6.76. The van der Waals surface area contributed by atoms with Crippen LogP contribution in [-0.4, -0.2) is 51.3 Å². The summed E-state index contributed by atoms with van der Waals surface area (Å²) in [5.41, 5.74) is 1.19. The topological polar surface area (TPSA) is 50.1 Å². The molecule has 1 saturated heterocycles. The van der Waals surface area contributed by atoms with Crippen LogP contribution in [0.5, 0.6) is 0 Å². The number of hydrogen-bond acceptors (Lipinski definition) is 5. The number of nitrogens with zero attached hydrogens (tertiary/aromatic N) is 6. The van der Waals surface area contributed by atoms with Gasteiger partial charge in [0.1, 0.15) is 17.7 Å². The van der Waals surface area contributed by atoms with Crippen LogP contribution in [0, 0.1) is 11.6 Å². The predicted molar refractivity (Wildman–Crippen MR) is 118 cm³/mol. The summed E-state index contributed by atoms with van der Waals surface area (Å²) < 4.78 is 31.2. The van der Waals surface area contributed by atoms with Gasteiger partial charge in [-0.3, -0.25) is 4.90 Å². The average molecular weight is 439 g/mol. The maximum absolute atomic E-state index is 15.0. The van der Waals surface area contributed by atoms with Crippen molar-refractivity contribution in [3.63, 3.8) is 0 Å². The molecule has 2 aromatic carbocycles. The van der Waals surface area contributed by atoms with E-state index < -0.39 is 0 Å². The highest BCUT2D eigenvalue weighted by Crippen LogP contribution is 2.35. The molecule has 5 rings (SSSR count). The van der Waals surface area contributed by atoms with Crippen LogP contribution >= 0.6 is 0 Å². The smallest absolute Gasteiger partial charge is 0.173 e. The predicted octanol–water partition coefficient (Wildman–Crippen LogP) is 4.37. The number of para-hydroxylation sites is 1. The van der Waals surface area contributed by atoms with Gasteiger partial charge in [0.25, 0.3) is 0 Å². The lowest BCUT2D eigenvalue weighted by atomic mass is 9.95. The summed E-state index contributed by atoms with van der Waals surface area (Å²) in [6, 6.07) is 13.6. The maximum Gasteiger partial charge on any atom is 0.173 e.